The predicted molar refractivity (Wildman–Crippen MR) is 74.0 cm³/mol. The summed E-state index contributed by atoms with van der Waals surface area (Å²) in [6.07, 6.45) is 1.81. The molecule has 0 unspecified atom stereocenters. The van der Waals surface area contributed by atoms with Gasteiger partial charge in [-0.05, 0) is 45.0 Å². The van der Waals surface area contributed by atoms with Gasteiger partial charge in [0.15, 0.2) is 0 Å². The largest absolute Gasteiger partial charge is 0.339 e. The van der Waals surface area contributed by atoms with Crippen LogP contribution in [0.4, 0.5) is 4.39 Å². The fourth-order valence-corrected chi connectivity index (χ4v) is 2.45. The lowest BCUT2D eigenvalue weighted by Crippen LogP contribution is -2.51. The third-order valence-electron chi connectivity index (χ3n) is 3.92. The molecule has 1 aromatic carbocycles. The summed E-state index contributed by atoms with van der Waals surface area (Å²) in [7, 11) is 1.94. The monoisotopic (exact) mass is 284 g/mol. The molecule has 104 valence electrons. The lowest BCUT2D eigenvalue weighted by molar-refractivity contribution is 0.0662. The molecule has 19 heavy (non-hydrogen) atoms. The smallest absolute Gasteiger partial charge is 0.253 e. The van der Waals surface area contributed by atoms with Crippen LogP contribution < -0.4 is 5.32 Å². The lowest BCUT2D eigenvalue weighted by atomic mass is 9.89. The zero-order valence-electron chi connectivity index (χ0n) is 11.2. The summed E-state index contributed by atoms with van der Waals surface area (Å²) in [5, 5.41) is 3.28. The van der Waals surface area contributed by atoms with E-state index in [0.29, 0.717) is 18.7 Å². The number of halogens is 2. The lowest BCUT2D eigenvalue weighted by Gasteiger charge is -2.39. The molecule has 0 bridgehead atoms. The number of hydrogen-bond acceptors (Lipinski definition) is 2. The molecule has 0 aromatic heterocycles. The van der Waals surface area contributed by atoms with Crippen molar-refractivity contribution < 1.29 is 9.18 Å². The molecule has 1 aliphatic rings. The number of piperidine rings is 1. The normalized spacial score (nSPS) is 18.4. The summed E-state index contributed by atoms with van der Waals surface area (Å²) in [6.45, 7) is 3.56. The summed E-state index contributed by atoms with van der Waals surface area (Å²) in [6, 6.07) is 4.11. The Morgan fingerprint density at radius 3 is 2.58 bits per heavy atom. The number of nitrogens with one attached hydrogen (secondary N) is 1. The molecule has 0 aliphatic carbocycles. The molecule has 0 atom stereocenters. The number of nitrogens with zero attached hydrogens (tertiary/aromatic N) is 1. The minimum atomic E-state index is -0.500. The van der Waals surface area contributed by atoms with Crippen molar-refractivity contribution in [1.29, 1.82) is 0 Å². The van der Waals surface area contributed by atoms with E-state index >= 15 is 0 Å². The Labute approximate surface area is 117 Å². The van der Waals surface area contributed by atoms with Crippen LogP contribution in [0.2, 0.25) is 5.02 Å². The Morgan fingerprint density at radius 1 is 1.42 bits per heavy atom. The van der Waals surface area contributed by atoms with E-state index in [-0.39, 0.29) is 16.5 Å². The SMILES string of the molecule is CNC1(C)CCN(C(=O)c2ccc(F)c(Cl)c2)CC1. The number of amides is 1. The number of carbonyl (C=O) groups is 1. The number of likely N-dealkylation sites (tertiary alicyclic amines) is 1. The number of hydrogen-bond donors (Lipinski definition) is 1. The van der Waals surface area contributed by atoms with E-state index in [1.54, 1.807) is 4.90 Å². The highest BCUT2D eigenvalue weighted by Crippen LogP contribution is 2.23. The Hall–Kier alpha value is -1.13. The van der Waals surface area contributed by atoms with Crippen LogP contribution in [0.3, 0.4) is 0 Å². The van der Waals surface area contributed by atoms with Gasteiger partial charge in [0.1, 0.15) is 5.82 Å². The molecule has 1 N–H and O–H groups in total. The first kappa shape index (κ1) is 14.3. The van der Waals surface area contributed by atoms with E-state index in [4.69, 9.17) is 11.6 Å². The van der Waals surface area contributed by atoms with Gasteiger partial charge in [0.25, 0.3) is 5.91 Å². The third-order valence-corrected chi connectivity index (χ3v) is 4.21. The molecule has 1 aromatic rings. The van der Waals surface area contributed by atoms with Crippen LogP contribution in [0.5, 0.6) is 0 Å². The Bertz CT molecular complexity index is 484. The summed E-state index contributed by atoms with van der Waals surface area (Å²) in [4.78, 5) is 14.1. The van der Waals surface area contributed by atoms with Crippen LogP contribution in [0.15, 0.2) is 18.2 Å². The quantitative estimate of drug-likeness (QED) is 0.906. The Balaban J connectivity index is 2.07. The highest BCUT2D eigenvalue weighted by atomic mass is 35.5. The van der Waals surface area contributed by atoms with Crippen molar-refractivity contribution >= 4 is 17.5 Å². The van der Waals surface area contributed by atoms with Crippen molar-refractivity contribution in [3.8, 4) is 0 Å². The second-order valence-corrected chi connectivity index (χ2v) is 5.64. The van der Waals surface area contributed by atoms with E-state index in [1.165, 1.54) is 18.2 Å². The van der Waals surface area contributed by atoms with Crippen LogP contribution in [-0.4, -0.2) is 36.5 Å². The average molecular weight is 285 g/mol. The molecule has 0 radical (unpaired) electrons. The van der Waals surface area contributed by atoms with Crippen molar-refractivity contribution in [3.05, 3.63) is 34.6 Å². The second-order valence-electron chi connectivity index (χ2n) is 5.23. The summed E-state index contributed by atoms with van der Waals surface area (Å²) in [5.41, 5.74) is 0.538. The molecule has 0 saturated carbocycles. The summed E-state index contributed by atoms with van der Waals surface area (Å²) >= 11 is 5.71. The van der Waals surface area contributed by atoms with E-state index in [2.05, 4.69) is 12.2 Å². The first-order valence-corrected chi connectivity index (χ1v) is 6.76. The first-order valence-electron chi connectivity index (χ1n) is 6.38. The second kappa shape index (κ2) is 5.47. The van der Waals surface area contributed by atoms with Gasteiger partial charge in [-0.1, -0.05) is 11.6 Å². The molecular weight excluding hydrogens is 267 g/mol. The van der Waals surface area contributed by atoms with E-state index < -0.39 is 5.82 Å². The summed E-state index contributed by atoms with van der Waals surface area (Å²) < 4.78 is 13.1. The van der Waals surface area contributed by atoms with Crippen molar-refractivity contribution in [2.45, 2.75) is 25.3 Å². The fraction of sp³-hybridized carbons (Fsp3) is 0.500. The minimum absolute atomic E-state index is 0.0112. The highest BCUT2D eigenvalue weighted by Gasteiger charge is 2.30. The van der Waals surface area contributed by atoms with Gasteiger partial charge in [-0.25, -0.2) is 4.39 Å². The van der Waals surface area contributed by atoms with Gasteiger partial charge in [-0.15, -0.1) is 0 Å². The Morgan fingerprint density at radius 2 is 2.05 bits per heavy atom. The van der Waals surface area contributed by atoms with Gasteiger partial charge in [-0.3, -0.25) is 4.79 Å². The molecule has 1 saturated heterocycles. The van der Waals surface area contributed by atoms with Gasteiger partial charge in [0.05, 0.1) is 5.02 Å². The average Bonchev–Trinajstić information content (AvgIpc) is 2.42. The molecule has 5 heteroatoms. The zero-order valence-corrected chi connectivity index (χ0v) is 11.9. The molecule has 2 rings (SSSR count). The fourth-order valence-electron chi connectivity index (χ4n) is 2.27. The van der Waals surface area contributed by atoms with Crippen molar-refractivity contribution in [1.82, 2.24) is 10.2 Å². The molecule has 3 nitrogen and oxygen atoms in total. The van der Waals surface area contributed by atoms with Crippen LogP contribution in [0, 0.1) is 5.82 Å². The number of benzene rings is 1. The van der Waals surface area contributed by atoms with Gasteiger partial charge >= 0.3 is 0 Å². The topological polar surface area (TPSA) is 32.3 Å². The molecule has 1 fully saturated rings. The standard InChI is InChI=1S/C14H18ClFN2O/c1-14(17-2)5-7-18(8-6-14)13(19)10-3-4-12(16)11(15)9-10/h3-4,9,17H,5-8H2,1-2H3. The van der Waals surface area contributed by atoms with E-state index in [9.17, 15) is 9.18 Å². The Kier molecular flexibility index (Phi) is 4.11. The van der Waals surface area contributed by atoms with Gasteiger partial charge < -0.3 is 10.2 Å². The number of rotatable bonds is 2. The molecule has 1 heterocycles. The maximum absolute atomic E-state index is 13.1. The van der Waals surface area contributed by atoms with Crippen molar-refractivity contribution in [3.63, 3.8) is 0 Å². The highest BCUT2D eigenvalue weighted by molar-refractivity contribution is 6.31. The van der Waals surface area contributed by atoms with Gasteiger partial charge in [-0.2, -0.15) is 0 Å². The van der Waals surface area contributed by atoms with Gasteiger partial charge in [0, 0.05) is 24.2 Å². The van der Waals surface area contributed by atoms with Crippen LogP contribution >= 0.6 is 11.6 Å². The minimum Gasteiger partial charge on any atom is -0.339 e. The third kappa shape index (κ3) is 3.07. The maximum atomic E-state index is 13.1. The maximum Gasteiger partial charge on any atom is 0.253 e. The molecule has 0 spiro atoms. The first-order chi connectivity index (χ1) is 8.95. The van der Waals surface area contributed by atoms with Crippen LogP contribution in [0.1, 0.15) is 30.1 Å². The van der Waals surface area contributed by atoms with E-state index in [1.807, 2.05) is 7.05 Å². The van der Waals surface area contributed by atoms with Crippen LogP contribution in [-0.2, 0) is 0 Å². The zero-order chi connectivity index (χ0) is 14.0. The predicted octanol–water partition coefficient (Wildman–Crippen LogP) is 2.69. The van der Waals surface area contributed by atoms with Crippen molar-refractivity contribution in [2.75, 3.05) is 20.1 Å². The van der Waals surface area contributed by atoms with Crippen molar-refractivity contribution in [2.24, 2.45) is 0 Å². The van der Waals surface area contributed by atoms with Gasteiger partial charge in [0.2, 0.25) is 0 Å². The molecule has 1 amide bonds. The van der Waals surface area contributed by atoms with E-state index in [0.717, 1.165) is 12.8 Å². The molecule has 1 aliphatic heterocycles. The number of carbonyl (C=O) groups excluding carboxylic acids is 1. The summed E-state index contributed by atoms with van der Waals surface area (Å²) in [5.74, 6) is -0.584. The molecular formula is C14H18ClFN2O. The van der Waals surface area contributed by atoms with Crippen LogP contribution in [0.25, 0.3) is 0 Å².